The van der Waals surface area contributed by atoms with Crippen molar-refractivity contribution in [2.24, 2.45) is 5.92 Å². The first-order valence-corrected chi connectivity index (χ1v) is 9.92. The summed E-state index contributed by atoms with van der Waals surface area (Å²) in [5.74, 6) is 2.41. The first-order valence-electron chi connectivity index (χ1n) is 9.92. The molecule has 0 spiro atoms. The van der Waals surface area contributed by atoms with E-state index in [1.165, 1.54) is 12.1 Å². The molecular weight excluding hydrogens is 371 g/mol. The Hall–Kier alpha value is -2.80. The first kappa shape index (κ1) is 19.5. The summed E-state index contributed by atoms with van der Waals surface area (Å²) in [6.45, 7) is 7.48. The number of aromatic amines is 1. The van der Waals surface area contributed by atoms with Gasteiger partial charge in [0.2, 0.25) is 0 Å². The molecule has 29 heavy (non-hydrogen) atoms. The summed E-state index contributed by atoms with van der Waals surface area (Å²) in [7, 11) is 1.64. The number of nitrogens with one attached hydrogen (secondary N) is 1. The van der Waals surface area contributed by atoms with E-state index in [2.05, 4.69) is 33.0 Å². The second-order valence-electron chi connectivity index (χ2n) is 7.51. The molecule has 1 saturated heterocycles. The van der Waals surface area contributed by atoms with Crippen LogP contribution in [0.2, 0.25) is 0 Å². The number of benzene rings is 2. The molecule has 1 aliphatic rings. The summed E-state index contributed by atoms with van der Waals surface area (Å²) in [5.41, 5.74) is 0.737. The van der Waals surface area contributed by atoms with Crippen molar-refractivity contribution in [1.82, 2.24) is 15.1 Å². The Balaban J connectivity index is 1.28. The Bertz CT molecular complexity index is 953. The minimum Gasteiger partial charge on any atom is -0.493 e. The Morgan fingerprint density at radius 3 is 2.86 bits per heavy atom. The lowest BCUT2D eigenvalue weighted by Crippen LogP contribution is -2.48. The smallest absolute Gasteiger partial charge is 0.169 e. The summed E-state index contributed by atoms with van der Waals surface area (Å²) in [6.07, 6.45) is 0. The number of hydrogen-bond acceptors (Lipinski definition) is 5. The van der Waals surface area contributed by atoms with E-state index in [-0.39, 0.29) is 5.82 Å². The van der Waals surface area contributed by atoms with Gasteiger partial charge in [-0.05, 0) is 24.3 Å². The number of nitrogens with zero attached hydrogens (tertiary/aromatic N) is 3. The number of H-pyrrole nitrogens is 1. The van der Waals surface area contributed by atoms with Gasteiger partial charge < -0.3 is 14.4 Å². The molecule has 1 radical (unpaired) electrons. The lowest BCUT2D eigenvalue weighted by molar-refractivity contribution is 0.175. The van der Waals surface area contributed by atoms with Gasteiger partial charge in [0.15, 0.2) is 17.3 Å². The van der Waals surface area contributed by atoms with E-state index in [0.717, 1.165) is 49.4 Å². The van der Waals surface area contributed by atoms with Crippen LogP contribution in [-0.2, 0) is 0 Å². The largest absolute Gasteiger partial charge is 0.493 e. The first-order chi connectivity index (χ1) is 14.1. The van der Waals surface area contributed by atoms with Crippen molar-refractivity contribution in [2.45, 2.75) is 6.92 Å². The third-order valence-electron chi connectivity index (χ3n) is 5.26. The molecule has 1 unspecified atom stereocenters. The van der Waals surface area contributed by atoms with Gasteiger partial charge in [0.05, 0.1) is 19.2 Å². The van der Waals surface area contributed by atoms with E-state index < -0.39 is 0 Å². The molecule has 0 amide bonds. The number of para-hydroxylation sites is 1. The summed E-state index contributed by atoms with van der Waals surface area (Å²) < 4.78 is 24.6. The van der Waals surface area contributed by atoms with Crippen LogP contribution in [0.25, 0.3) is 10.9 Å². The number of piperazine rings is 1. The van der Waals surface area contributed by atoms with Crippen LogP contribution in [0.3, 0.4) is 0 Å². The Morgan fingerprint density at radius 2 is 2.07 bits per heavy atom. The lowest BCUT2D eigenvalue weighted by atomic mass is 10.1. The van der Waals surface area contributed by atoms with Crippen LogP contribution in [0, 0.1) is 17.8 Å². The number of hydrogen-bond donors (Lipinski definition) is 1. The van der Waals surface area contributed by atoms with Crippen LogP contribution in [0.5, 0.6) is 11.5 Å². The third-order valence-corrected chi connectivity index (χ3v) is 5.26. The molecule has 0 bridgehead atoms. The number of ether oxygens (including phenoxy) is 2. The van der Waals surface area contributed by atoms with Crippen molar-refractivity contribution in [1.29, 1.82) is 0 Å². The molecule has 1 aromatic heterocycles. The molecule has 1 aliphatic heterocycles. The second-order valence-corrected chi connectivity index (χ2v) is 7.51. The SMILES string of the molecule is COc1ccc[c]c1OCC(C)CN1CCN(c2n[nH]c3cc(F)ccc23)CC1. The van der Waals surface area contributed by atoms with Crippen molar-refractivity contribution < 1.29 is 13.9 Å². The average Bonchev–Trinajstić information content (AvgIpc) is 3.16. The Kier molecular flexibility index (Phi) is 5.85. The highest BCUT2D eigenvalue weighted by molar-refractivity contribution is 5.90. The molecule has 0 saturated carbocycles. The van der Waals surface area contributed by atoms with E-state index >= 15 is 0 Å². The quantitative estimate of drug-likeness (QED) is 0.663. The zero-order chi connectivity index (χ0) is 20.2. The molecule has 153 valence electrons. The van der Waals surface area contributed by atoms with Crippen LogP contribution in [0.4, 0.5) is 10.2 Å². The molecule has 2 aromatic carbocycles. The zero-order valence-corrected chi connectivity index (χ0v) is 16.8. The number of rotatable bonds is 7. The second kappa shape index (κ2) is 8.69. The summed E-state index contributed by atoms with van der Waals surface area (Å²) in [5, 5.41) is 8.31. The Labute approximate surface area is 170 Å². The van der Waals surface area contributed by atoms with E-state index in [1.807, 2.05) is 18.2 Å². The number of methoxy groups -OCH3 is 1. The van der Waals surface area contributed by atoms with E-state index in [0.29, 0.717) is 24.0 Å². The van der Waals surface area contributed by atoms with E-state index in [4.69, 9.17) is 9.47 Å². The number of aromatic nitrogens is 2. The summed E-state index contributed by atoms with van der Waals surface area (Å²) in [6, 6.07) is 13.4. The molecule has 6 nitrogen and oxygen atoms in total. The standard InChI is InChI=1S/C22H26FN4O2/c1-16(15-29-21-6-4-3-5-20(21)28-2)14-26-9-11-27(12-10-26)22-18-8-7-17(23)13-19(18)24-25-22/h3-5,7-8,13,16H,9-12,14-15H2,1-2H3,(H,24,25). The van der Waals surface area contributed by atoms with Crippen molar-refractivity contribution in [3.8, 4) is 11.5 Å². The van der Waals surface area contributed by atoms with Crippen molar-refractivity contribution in [2.75, 3.05) is 51.3 Å². The molecule has 1 fully saturated rings. The van der Waals surface area contributed by atoms with Gasteiger partial charge in [0.25, 0.3) is 0 Å². The number of halogens is 1. The monoisotopic (exact) mass is 397 g/mol. The zero-order valence-electron chi connectivity index (χ0n) is 16.8. The minimum absolute atomic E-state index is 0.251. The average molecular weight is 397 g/mol. The van der Waals surface area contributed by atoms with Gasteiger partial charge in [-0.25, -0.2) is 4.39 Å². The highest BCUT2D eigenvalue weighted by Gasteiger charge is 2.22. The van der Waals surface area contributed by atoms with Crippen LogP contribution in [0.15, 0.2) is 36.4 Å². The highest BCUT2D eigenvalue weighted by atomic mass is 19.1. The van der Waals surface area contributed by atoms with Crippen molar-refractivity contribution in [3.63, 3.8) is 0 Å². The van der Waals surface area contributed by atoms with Crippen LogP contribution >= 0.6 is 0 Å². The van der Waals surface area contributed by atoms with Gasteiger partial charge >= 0.3 is 0 Å². The van der Waals surface area contributed by atoms with Gasteiger partial charge in [-0.2, -0.15) is 5.10 Å². The molecule has 1 N–H and O–H groups in total. The normalized spacial score (nSPS) is 16.2. The van der Waals surface area contributed by atoms with E-state index in [9.17, 15) is 4.39 Å². The van der Waals surface area contributed by atoms with Crippen LogP contribution in [-0.4, -0.2) is 61.5 Å². The molecule has 4 rings (SSSR count). The molecule has 2 heterocycles. The Morgan fingerprint density at radius 1 is 1.24 bits per heavy atom. The maximum absolute atomic E-state index is 13.4. The molecular formula is C22H26FN4O2. The highest BCUT2D eigenvalue weighted by Crippen LogP contribution is 2.27. The van der Waals surface area contributed by atoms with Gasteiger partial charge in [-0.1, -0.05) is 19.1 Å². The summed E-state index contributed by atoms with van der Waals surface area (Å²) >= 11 is 0. The molecule has 3 aromatic rings. The van der Waals surface area contributed by atoms with Gasteiger partial charge in [0.1, 0.15) is 5.82 Å². The fraction of sp³-hybridized carbons (Fsp3) is 0.409. The minimum atomic E-state index is -0.251. The predicted octanol–water partition coefficient (Wildman–Crippen LogP) is 3.35. The molecule has 1 atom stereocenters. The van der Waals surface area contributed by atoms with Crippen LogP contribution < -0.4 is 14.4 Å². The lowest BCUT2D eigenvalue weighted by Gasteiger charge is -2.36. The van der Waals surface area contributed by atoms with Crippen molar-refractivity contribution in [3.05, 3.63) is 48.3 Å². The number of fused-ring (bicyclic) bond motifs is 1. The predicted molar refractivity (Wildman–Crippen MR) is 111 cm³/mol. The maximum Gasteiger partial charge on any atom is 0.169 e. The fourth-order valence-electron chi connectivity index (χ4n) is 3.76. The van der Waals surface area contributed by atoms with Crippen molar-refractivity contribution >= 4 is 16.7 Å². The molecule has 7 heteroatoms. The van der Waals surface area contributed by atoms with Gasteiger partial charge in [-0.3, -0.25) is 10.00 Å². The van der Waals surface area contributed by atoms with E-state index in [1.54, 1.807) is 13.2 Å². The summed E-state index contributed by atoms with van der Waals surface area (Å²) in [4.78, 5) is 4.71. The number of anilines is 1. The fourth-order valence-corrected chi connectivity index (χ4v) is 3.76. The van der Waals surface area contributed by atoms with Gasteiger partial charge in [-0.15, -0.1) is 0 Å². The third kappa shape index (κ3) is 4.45. The maximum atomic E-state index is 13.4. The topological polar surface area (TPSA) is 53.6 Å². The molecule has 0 aliphatic carbocycles. The van der Waals surface area contributed by atoms with Gasteiger partial charge in [0, 0.05) is 50.1 Å². The van der Waals surface area contributed by atoms with Crippen LogP contribution in [0.1, 0.15) is 6.92 Å².